The van der Waals surface area contributed by atoms with E-state index in [1.165, 1.54) is 0 Å². The molecule has 1 fully saturated rings. The van der Waals surface area contributed by atoms with Crippen molar-refractivity contribution < 1.29 is 4.79 Å². The van der Waals surface area contributed by atoms with Crippen LogP contribution < -0.4 is 11.1 Å². The molecule has 0 spiro atoms. The second-order valence-electron chi connectivity index (χ2n) is 5.43. The average Bonchev–Trinajstić information content (AvgIpc) is 3.15. The van der Waals surface area contributed by atoms with E-state index in [0.29, 0.717) is 5.92 Å². The molecule has 1 atom stereocenters. The molecular weight excluding hydrogens is 270 g/mol. The fourth-order valence-corrected chi connectivity index (χ4v) is 2.87. The van der Waals surface area contributed by atoms with Crippen LogP contribution in [0.5, 0.6) is 0 Å². The normalized spacial score (nSPS) is 17.5. The Bertz CT molecular complexity index is 618. The fraction of sp³-hybridized carbons (Fsp3) is 0.333. The smallest absolute Gasteiger partial charge is 0.244 e. The number of hydrogen-bond donors (Lipinski definition) is 2. The van der Waals surface area contributed by atoms with Crippen LogP contribution >= 0.6 is 11.3 Å². The number of thiazole rings is 1. The maximum absolute atomic E-state index is 12.3. The van der Waals surface area contributed by atoms with Crippen molar-refractivity contribution in [1.29, 1.82) is 0 Å². The van der Waals surface area contributed by atoms with E-state index in [0.717, 1.165) is 29.1 Å². The second-order valence-corrected chi connectivity index (χ2v) is 6.32. The molecule has 1 amide bonds. The molecule has 0 saturated heterocycles. The van der Waals surface area contributed by atoms with E-state index >= 15 is 0 Å². The van der Waals surface area contributed by atoms with Gasteiger partial charge in [0.25, 0.3) is 0 Å². The Morgan fingerprint density at radius 2 is 2.30 bits per heavy atom. The molecule has 0 aliphatic heterocycles. The van der Waals surface area contributed by atoms with E-state index in [2.05, 4.69) is 10.3 Å². The van der Waals surface area contributed by atoms with Crippen molar-refractivity contribution in [3.8, 4) is 10.6 Å². The maximum atomic E-state index is 12.3. The molecule has 1 aromatic heterocycles. The molecule has 3 rings (SSSR count). The number of nitrogens with two attached hydrogens (primary N) is 1. The van der Waals surface area contributed by atoms with Gasteiger partial charge in [0.1, 0.15) is 5.01 Å². The van der Waals surface area contributed by atoms with Crippen LogP contribution in [0.2, 0.25) is 0 Å². The molecule has 1 saturated carbocycles. The first-order valence-electron chi connectivity index (χ1n) is 6.67. The highest BCUT2D eigenvalue weighted by Crippen LogP contribution is 2.38. The zero-order valence-electron chi connectivity index (χ0n) is 11.3. The van der Waals surface area contributed by atoms with Gasteiger partial charge in [0.05, 0.1) is 5.54 Å². The number of carbonyl (C=O) groups is 1. The number of aromatic nitrogens is 1. The van der Waals surface area contributed by atoms with Crippen LogP contribution in [-0.4, -0.2) is 16.4 Å². The Morgan fingerprint density at radius 3 is 2.95 bits per heavy atom. The van der Waals surface area contributed by atoms with Gasteiger partial charge in [-0.2, -0.15) is 0 Å². The van der Waals surface area contributed by atoms with Crippen molar-refractivity contribution in [2.24, 2.45) is 11.7 Å². The first kappa shape index (κ1) is 13.3. The van der Waals surface area contributed by atoms with Crippen LogP contribution in [0.15, 0.2) is 35.8 Å². The lowest BCUT2D eigenvalue weighted by Gasteiger charge is -2.23. The maximum Gasteiger partial charge on any atom is 0.244 e. The fourth-order valence-electron chi connectivity index (χ4n) is 2.23. The van der Waals surface area contributed by atoms with Gasteiger partial charge in [-0.15, -0.1) is 11.3 Å². The van der Waals surface area contributed by atoms with E-state index in [4.69, 9.17) is 5.73 Å². The van der Waals surface area contributed by atoms with E-state index in [1.54, 1.807) is 17.5 Å². The Balaban J connectivity index is 1.78. The molecule has 1 aliphatic carbocycles. The molecule has 1 aliphatic rings. The second kappa shape index (κ2) is 5.00. The van der Waals surface area contributed by atoms with Gasteiger partial charge in [0.15, 0.2) is 0 Å². The van der Waals surface area contributed by atoms with E-state index in [9.17, 15) is 4.79 Å². The third-order valence-electron chi connectivity index (χ3n) is 3.71. The van der Waals surface area contributed by atoms with Gasteiger partial charge in [-0.25, -0.2) is 4.98 Å². The molecule has 1 heterocycles. The number of nitrogens with zero attached hydrogens (tertiary/aromatic N) is 1. The lowest BCUT2D eigenvalue weighted by Crippen LogP contribution is -2.50. The quantitative estimate of drug-likeness (QED) is 0.908. The average molecular weight is 287 g/mol. The standard InChI is InChI=1S/C15H17N3OS/c1-15(16,11-5-6-11)14(19)18-12-4-2-3-10(9-12)13-17-7-8-20-13/h2-4,7-9,11H,5-6,16H2,1H3,(H,18,19). The third kappa shape index (κ3) is 2.59. The summed E-state index contributed by atoms with van der Waals surface area (Å²) in [6, 6.07) is 7.70. The van der Waals surface area contributed by atoms with E-state index in [-0.39, 0.29) is 5.91 Å². The van der Waals surface area contributed by atoms with Crippen molar-refractivity contribution in [3.63, 3.8) is 0 Å². The molecule has 5 heteroatoms. The van der Waals surface area contributed by atoms with Crippen LogP contribution in [0.25, 0.3) is 10.6 Å². The number of anilines is 1. The van der Waals surface area contributed by atoms with Gasteiger partial charge in [0, 0.05) is 22.8 Å². The first-order valence-corrected chi connectivity index (χ1v) is 7.55. The zero-order valence-corrected chi connectivity index (χ0v) is 12.1. The summed E-state index contributed by atoms with van der Waals surface area (Å²) in [7, 11) is 0. The molecule has 1 unspecified atom stereocenters. The minimum absolute atomic E-state index is 0.115. The first-order chi connectivity index (χ1) is 9.57. The highest BCUT2D eigenvalue weighted by Gasteiger charge is 2.44. The van der Waals surface area contributed by atoms with Gasteiger partial charge < -0.3 is 11.1 Å². The lowest BCUT2D eigenvalue weighted by molar-refractivity contribution is -0.121. The van der Waals surface area contributed by atoms with Gasteiger partial charge >= 0.3 is 0 Å². The number of nitrogens with one attached hydrogen (secondary N) is 1. The number of hydrogen-bond acceptors (Lipinski definition) is 4. The van der Waals surface area contributed by atoms with Crippen LogP contribution in [0.4, 0.5) is 5.69 Å². The molecule has 20 heavy (non-hydrogen) atoms. The van der Waals surface area contributed by atoms with Gasteiger partial charge in [-0.1, -0.05) is 12.1 Å². The number of rotatable bonds is 4. The summed E-state index contributed by atoms with van der Waals surface area (Å²) in [5.74, 6) is 0.195. The summed E-state index contributed by atoms with van der Waals surface area (Å²) in [4.78, 5) is 16.5. The van der Waals surface area contributed by atoms with Crippen molar-refractivity contribution in [2.45, 2.75) is 25.3 Å². The topological polar surface area (TPSA) is 68.0 Å². The predicted molar refractivity (Wildman–Crippen MR) is 81.5 cm³/mol. The van der Waals surface area contributed by atoms with Gasteiger partial charge in [-0.3, -0.25) is 4.79 Å². The largest absolute Gasteiger partial charge is 0.324 e. The Morgan fingerprint density at radius 1 is 1.50 bits per heavy atom. The Kier molecular flexibility index (Phi) is 3.31. The monoisotopic (exact) mass is 287 g/mol. The summed E-state index contributed by atoms with van der Waals surface area (Å²) >= 11 is 1.58. The molecule has 3 N–H and O–H groups in total. The molecular formula is C15H17N3OS. The van der Waals surface area contributed by atoms with E-state index in [1.807, 2.05) is 36.6 Å². The number of amides is 1. The third-order valence-corrected chi connectivity index (χ3v) is 4.54. The summed E-state index contributed by atoms with van der Waals surface area (Å²) in [5.41, 5.74) is 7.11. The molecule has 4 nitrogen and oxygen atoms in total. The van der Waals surface area contributed by atoms with Crippen molar-refractivity contribution >= 4 is 22.9 Å². The van der Waals surface area contributed by atoms with Crippen LogP contribution in [0.3, 0.4) is 0 Å². The SMILES string of the molecule is CC(N)(C(=O)Nc1cccc(-c2nccs2)c1)C1CC1. The number of carbonyl (C=O) groups excluding carboxylic acids is 1. The van der Waals surface area contributed by atoms with Crippen LogP contribution in [0.1, 0.15) is 19.8 Å². The summed E-state index contributed by atoms with van der Waals surface area (Å²) < 4.78 is 0. The van der Waals surface area contributed by atoms with Crippen molar-refractivity contribution in [3.05, 3.63) is 35.8 Å². The molecule has 0 radical (unpaired) electrons. The highest BCUT2D eigenvalue weighted by molar-refractivity contribution is 7.13. The minimum Gasteiger partial charge on any atom is -0.324 e. The predicted octanol–water partition coefficient (Wildman–Crippen LogP) is 2.88. The molecule has 2 aromatic rings. The zero-order chi connectivity index (χ0) is 14.2. The van der Waals surface area contributed by atoms with E-state index < -0.39 is 5.54 Å². The van der Waals surface area contributed by atoms with Crippen molar-refractivity contribution in [2.75, 3.05) is 5.32 Å². The van der Waals surface area contributed by atoms with Gasteiger partial charge in [-0.05, 0) is 37.8 Å². The highest BCUT2D eigenvalue weighted by atomic mass is 32.1. The summed E-state index contributed by atoms with van der Waals surface area (Å²) in [5, 5.41) is 5.80. The lowest BCUT2D eigenvalue weighted by atomic mass is 9.96. The Hall–Kier alpha value is -1.72. The summed E-state index contributed by atoms with van der Waals surface area (Å²) in [6.07, 6.45) is 3.86. The van der Waals surface area contributed by atoms with Crippen molar-refractivity contribution in [1.82, 2.24) is 4.98 Å². The minimum atomic E-state index is -0.781. The molecule has 1 aromatic carbocycles. The number of benzene rings is 1. The Labute approximate surface area is 122 Å². The molecule has 0 bridgehead atoms. The van der Waals surface area contributed by atoms with Gasteiger partial charge in [0.2, 0.25) is 5.91 Å². The van der Waals surface area contributed by atoms with Crippen LogP contribution in [-0.2, 0) is 4.79 Å². The summed E-state index contributed by atoms with van der Waals surface area (Å²) in [6.45, 7) is 1.81. The van der Waals surface area contributed by atoms with Crippen LogP contribution in [0, 0.1) is 5.92 Å². The molecule has 104 valence electrons.